The predicted octanol–water partition coefficient (Wildman–Crippen LogP) is 1.00. The Morgan fingerprint density at radius 2 is 1.92 bits per heavy atom. The summed E-state index contributed by atoms with van der Waals surface area (Å²) in [5.41, 5.74) is 0.699. The van der Waals surface area contributed by atoms with Crippen molar-refractivity contribution in [3.05, 3.63) is 29.3 Å². The van der Waals surface area contributed by atoms with Gasteiger partial charge in [0, 0.05) is 23.8 Å². The van der Waals surface area contributed by atoms with Gasteiger partial charge in [0.05, 0.1) is 13.2 Å². The Bertz CT molecular complexity index is 663. The molecule has 7 nitrogen and oxygen atoms in total. The minimum atomic E-state index is -1.10. The van der Waals surface area contributed by atoms with E-state index in [-0.39, 0.29) is 25.0 Å². The van der Waals surface area contributed by atoms with Crippen molar-refractivity contribution in [3.8, 4) is 0 Å². The first-order chi connectivity index (χ1) is 11.5. The first-order valence-corrected chi connectivity index (χ1v) is 8.05. The normalized spacial score (nSPS) is 24.3. The molecule has 2 amide bonds. The van der Waals surface area contributed by atoms with E-state index in [0.717, 1.165) is 0 Å². The zero-order chi connectivity index (χ0) is 17.3. The van der Waals surface area contributed by atoms with Crippen LogP contribution in [0.5, 0.6) is 0 Å². The molecule has 3 rings (SSSR count). The number of hydrogen-bond donors (Lipinski definition) is 1. The lowest BCUT2D eigenvalue weighted by atomic mass is 10.1. The molecule has 0 aromatic heterocycles. The summed E-state index contributed by atoms with van der Waals surface area (Å²) in [6.45, 7) is 0.875. The van der Waals surface area contributed by atoms with Crippen LogP contribution in [0.15, 0.2) is 24.3 Å². The third-order valence-corrected chi connectivity index (χ3v) is 4.55. The van der Waals surface area contributed by atoms with Gasteiger partial charge in [0.1, 0.15) is 5.92 Å². The third-order valence-electron chi connectivity index (χ3n) is 4.30. The molecule has 0 saturated carbocycles. The molecule has 24 heavy (non-hydrogen) atoms. The van der Waals surface area contributed by atoms with Crippen LogP contribution in [0, 0.1) is 5.92 Å². The topological polar surface area (TPSA) is 87.2 Å². The van der Waals surface area contributed by atoms with E-state index in [1.807, 2.05) is 0 Å². The molecule has 1 N–H and O–H groups in total. The molecule has 1 aromatic carbocycles. The molecule has 0 spiro atoms. The summed E-state index contributed by atoms with van der Waals surface area (Å²) in [4.78, 5) is 39.2. The molecule has 2 atom stereocenters. The Morgan fingerprint density at radius 1 is 1.21 bits per heavy atom. The van der Waals surface area contributed by atoms with Crippen molar-refractivity contribution >= 4 is 35.1 Å². The highest BCUT2D eigenvalue weighted by Crippen LogP contribution is 2.28. The molecule has 0 bridgehead atoms. The van der Waals surface area contributed by atoms with Crippen molar-refractivity contribution < 1.29 is 24.2 Å². The van der Waals surface area contributed by atoms with Crippen LogP contribution in [-0.4, -0.2) is 60.1 Å². The SMILES string of the molecule is O=C(O)[C@@H]1CN(C(=O)[C@@H]2CCN(c3ccc(Cl)cc3)C2=O)CCO1. The van der Waals surface area contributed by atoms with Gasteiger partial charge < -0.3 is 19.6 Å². The minimum Gasteiger partial charge on any atom is -0.479 e. The smallest absolute Gasteiger partial charge is 0.334 e. The lowest BCUT2D eigenvalue weighted by molar-refractivity contribution is -0.160. The number of nitrogens with zero attached hydrogens (tertiary/aromatic N) is 2. The van der Waals surface area contributed by atoms with E-state index < -0.39 is 18.0 Å². The van der Waals surface area contributed by atoms with Crippen LogP contribution in [0.2, 0.25) is 5.02 Å². The molecule has 2 heterocycles. The molecule has 1 aromatic rings. The lowest BCUT2D eigenvalue weighted by Gasteiger charge is -2.32. The molecule has 2 aliphatic rings. The maximum atomic E-state index is 12.6. The van der Waals surface area contributed by atoms with Gasteiger partial charge in [-0.3, -0.25) is 9.59 Å². The molecule has 2 fully saturated rings. The highest BCUT2D eigenvalue weighted by Gasteiger charge is 2.41. The summed E-state index contributed by atoms with van der Waals surface area (Å²) in [5.74, 6) is -2.46. The maximum absolute atomic E-state index is 12.6. The molecule has 2 aliphatic heterocycles. The predicted molar refractivity (Wildman–Crippen MR) is 85.9 cm³/mol. The Kier molecular flexibility index (Phi) is 4.73. The number of aliphatic carboxylic acids is 1. The largest absolute Gasteiger partial charge is 0.479 e. The van der Waals surface area contributed by atoms with Crippen LogP contribution in [0.4, 0.5) is 5.69 Å². The number of morpholine rings is 1. The number of amides is 2. The van der Waals surface area contributed by atoms with E-state index in [4.69, 9.17) is 21.4 Å². The number of benzene rings is 1. The average Bonchev–Trinajstić information content (AvgIpc) is 2.96. The van der Waals surface area contributed by atoms with Crippen molar-refractivity contribution in [2.45, 2.75) is 12.5 Å². The van der Waals surface area contributed by atoms with Crippen molar-refractivity contribution in [3.63, 3.8) is 0 Å². The van der Waals surface area contributed by atoms with Gasteiger partial charge in [-0.1, -0.05) is 11.6 Å². The van der Waals surface area contributed by atoms with Crippen LogP contribution >= 0.6 is 11.6 Å². The van der Waals surface area contributed by atoms with E-state index in [1.54, 1.807) is 29.2 Å². The number of carbonyl (C=O) groups is 3. The summed E-state index contributed by atoms with van der Waals surface area (Å²) in [7, 11) is 0. The van der Waals surface area contributed by atoms with Crippen molar-refractivity contribution in [2.75, 3.05) is 31.1 Å². The van der Waals surface area contributed by atoms with Crippen LogP contribution in [0.3, 0.4) is 0 Å². The first kappa shape index (κ1) is 16.7. The number of ether oxygens (including phenoxy) is 1. The van der Waals surface area contributed by atoms with E-state index >= 15 is 0 Å². The molecule has 0 radical (unpaired) electrons. The Labute approximate surface area is 143 Å². The second-order valence-electron chi connectivity index (χ2n) is 5.79. The Balaban J connectivity index is 1.69. The molecular weight excluding hydrogens is 336 g/mol. The van der Waals surface area contributed by atoms with Crippen molar-refractivity contribution in [1.29, 1.82) is 0 Å². The van der Waals surface area contributed by atoms with Gasteiger partial charge in [-0.2, -0.15) is 0 Å². The van der Waals surface area contributed by atoms with Crippen LogP contribution in [0.1, 0.15) is 6.42 Å². The van der Waals surface area contributed by atoms with Gasteiger partial charge in [0.2, 0.25) is 11.8 Å². The van der Waals surface area contributed by atoms with Crippen LogP contribution in [0.25, 0.3) is 0 Å². The second kappa shape index (κ2) is 6.78. The van der Waals surface area contributed by atoms with Gasteiger partial charge in [-0.25, -0.2) is 4.79 Å². The number of carboxylic acids is 1. The summed E-state index contributed by atoms with van der Waals surface area (Å²) in [5, 5.41) is 9.59. The average molecular weight is 353 g/mol. The fraction of sp³-hybridized carbons (Fsp3) is 0.438. The van der Waals surface area contributed by atoms with Gasteiger partial charge >= 0.3 is 5.97 Å². The maximum Gasteiger partial charge on any atom is 0.334 e. The number of carboxylic acid groups (broad SMARTS) is 1. The fourth-order valence-corrected chi connectivity index (χ4v) is 3.13. The first-order valence-electron chi connectivity index (χ1n) is 7.67. The minimum absolute atomic E-state index is 0.0289. The van der Waals surface area contributed by atoms with Crippen molar-refractivity contribution in [1.82, 2.24) is 4.90 Å². The molecule has 2 saturated heterocycles. The number of rotatable bonds is 3. The van der Waals surface area contributed by atoms with Gasteiger partial charge in [0.15, 0.2) is 6.10 Å². The summed E-state index contributed by atoms with van der Waals surface area (Å²) < 4.78 is 5.11. The molecule has 8 heteroatoms. The molecular formula is C16H17ClN2O5. The number of halogens is 1. The monoisotopic (exact) mass is 352 g/mol. The zero-order valence-electron chi connectivity index (χ0n) is 12.9. The standard InChI is InChI=1S/C16H17ClN2O5/c17-10-1-3-11(4-2-10)19-6-5-12(15(19)21)14(20)18-7-8-24-13(9-18)16(22)23/h1-4,12-13H,5-9H2,(H,22,23)/t12-,13-/m0/s1. The molecule has 0 aliphatic carbocycles. The highest BCUT2D eigenvalue weighted by atomic mass is 35.5. The van der Waals surface area contributed by atoms with Gasteiger partial charge in [0.25, 0.3) is 0 Å². The third kappa shape index (κ3) is 3.22. The van der Waals surface area contributed by atoms with Gasteiger partial charge in [-0.05, 0) is 30.7 Å². The Hall–Kier alpha value is -2.12. The van der Waals surface area contributed by atoms with Crippen LogP contribution in [-0.2, 0) is 19.1 Å². The van der Waals surface area contributed by atoms with E-state index in [9.17, 15) is 14.4 Å². The van der Waals surface area contributed by atoms with Gasteiger partial charge in [-0.15, -0.1) is 0 Å². The van der Waals surface area contributed by atoms with E-state index in [1.165, 1.54) is 4.90 Å². The van der Waals surface area contributed by atoms with Crippen LogP contribution < -0.4 is 4.90 Å². The quantitative estimate of drug-likeness (QED) is 0.820. The zero-order valence-corrected chi connectivity index (χ0v) is 13.6. The fourth-order valence-electron chi connectivity index (χ4n) is 3.01. The molecule has 0 unspecified atom stereocenters. The summed E-state index contributed by atoms with van der Waals surface area (Å²) >= 11 is 5.85. The Morgan fingerprint density at radius 3 is 2.58 bits per heavy atom. The van der Waals surface area contributed by atoms with E-state index in [0.29, 0.717) is 30.2 Å². The number of carbonyl (C=O) groups excluding carboxylic acids is 2. The number of anilines is 1. The highest BCUT2D eigenvalue weighted by molar-refractivity contribution is 6.30. The second-order valence-corrected chi connectivity index (χ2v) is 6.23. The lowest BCUT2D eigenvalue weighted by Crippen LogP contribution is -2.51. The molecule has 128 valence electrons. The summed E-state index contributed by atoms with van der Waals surface area (Å²) in [6.07, 6.45) is -0.623. The van der Waals surface area contributed by atoms with E-state index in [2.05, 4.69) is 0 Å². The summed E-state index contributed by atoms with van der Waals surface area (Å²) in [6, 6.07) is 6.86. The number of hydrogen-bond acceptors (Lipinski definition) is 4. The van der Waals surface area contributed by atoms with Crippen molar-refractivity contribution in [2.24, 2.45) is 5.92 Å².